The molecule has 1 aromatic carbocycles. The van der Waals surface area contributed by atoms with Crippen molar-refractivity contribution >= 4 is 22.5 Å². The molecule has 1 fully saturated rings. The molecular formula is C18H19N5O3. The molecule has 0 aliphatic carbocycles. The first-order chi connectivity index (χ1) is 12.5. The first-order valence-electron chi connectivity index (χ1n) is 8.55. The highest BCUT2D eigenvalue weighted by Crippen LogP contribution is 2.27. The molecule has 8 heteroatoms. The first-order valence-corrected chi connectivity index (χ1v) is 8.55. The minimum atomic E-state index is -0.388. The molecule has 134 valence electrons. The smallest absolute Gasteiger partial charge is 0.274 e. The van der Waals surface area contributed by atoms with Gasteiger partial charge < -0.3 is 15.0 Å². The minimum absolute atomic E-state index is 0.0773. The number of pyridine rings is 1. The highest BCUT2D eigenvalue weighted by molar-refractivity contribution is 5.82. The van der Waals surface area contributed by atoms with Crippen molar-refractivity contribution in [3.8, 4) is 11.4 Å². The molecule has 0 bridgehead atoms. The lowest BCUT2D eigenvalue weighted by Gasteiger charge is -2.30. The van der Waals surface area contributed by atoms with Crippen molar-refractivity contribution in [2.24, 2.45) is 0 Å². The monoisotopic (exact) mass is 353 g/mol. The van der Waals surface area contributed by atoms with Gasteiger partial charge in [0.15, 0.2) is 0 Å². The highest BCUT2D eigenvalue weighted by atomic mass is 16.6. The molecule has 1 aliphatic heterocycles. The minimum Gasteiger partial charge on any atom is -0.393 e. The lowest BCUT2D eigenvalue weighted by atomic mass is 10.1. The van der Waals surface area contributed by atoms with Crippen LogP contribution in [-0.2, 0) is 0 Å². The van der Waals surface area contributed by atoms with E-state index in [1.165, 1.54) is 6.07 Å². The van der Waals surface area contributed by atoms with Crippen LogP contribution in [0.15, 0.2) is 30.5 Å². The Bertz CT molecular complexity index is 959. The van der Waals surface area contributed by atoms with Crippen molar-refractivity contribution in [3.63, 3.8) is 0 Å². The van der Waals surface area contributed by atoms with Crippen LogP contribution in [0.25, 0.3) is 22.4 Å². The highest BCUT2D eigenvalue weighted by Gasteiger charge is 2.18. The molecular weight excluding hydrogens is 334 g/mol. The van der Waals surface area contributed by atoms with Gasteiger partial charge in [0, 0.05) is 36.5 Å². The molecule has 0 spiro atoms. The molecule has 26 heavy (non-hydrogen) atoms. The van der Waals surface area contributed by atoms with Gasteiger partial charge in [-0.1, -0.05) is 0 Å². The van der Waals surface area contributed by atoms with Gasteiger partial charge in [-0.3, -0.25) is 10.1 Å². The van der Waals surface area contributed by atoms with Gasteiger partial charge in [-0.05, 0) is 38.0 Å². The number of aromatic amines is 1. The predicted octanol–water partition coefficient (Wildman–Crippen LogP) is 2.80. The predicted molar refractivity (Wildman–Crippen MR) is 98.2 cm³/mol. The Balaban J connectivity index is 1.62. The van der Waals surface area contributed by atoms with Crippen LogP contribution in [0, 0.1) is 17.0 Å². The Kier molecular flexibility index (Phi) is 4.04. The fourth-order valence-corrected chi connectivity index (χ4v) is 3.29. The van der Waals surface area contributed by atoms with Crippen LogP contribution in [-0.4, -0.2) is 44.2 Å². The van der Waals surface area contributed by atoms with Gasteiger partial charge in [0.2, 0.25) is 0 Å². The molecule has 1 saturated heterocycles. The third-order valence-corrected chi connectivity index (χ3v) is 4.81. The van der Waals surface area contributed by atoms with Crippen LogP contribution < -0.4 is 4.90 Å². The Morgan fingerprint density at radius 1 is 1.31 bits per heavy atom. The molecule has 2 aromatic heterocycles. The van der Waals surface area contributed by atoms with Crippen molar-refractivity contribution in [2.45, 2.75) is 25.9 Å². The van der Waals surface area contributed by atoms with E-state index >= 15 is 0 Å². The molecule has 1 aliphatic rings. The quantitative estimate of drug-likeness (QED) is 0.554. The molecule has 3 heterocycles. The average Bonchev–Trinajstić information content (AvgIpc) is 3.04. The average molecular weight is 353 g/mol. The SMILES string of the molecule is Cc1cc2nc(-c3ccc(N4CCC(O)CC4)nc3)[nH]c2cc1[N+](=O)[O-]. The van der Waals surface area contributed by atoms with E-state index < -0.39 is 0 Å². The molecule has 3 aromatic rings. The van der Waals surface area contributed by atoms with Gasteiger partial charge >= 0.3 is 0 Å². The van der Waals surface area contributed by atoms with Crippen molar-refractivity contribution in [3.05, 3.63) is 46.1 Å². The number of nitrogens with one attached hydrogen (secondary N) is 1. The molecule has 4 rings (SSSR count). The lowest BCUT2D eigenvalue weighted by molar-refractivity contribution is -0.385. The first kappa shape index (κ1) is 16.5. The molecule has 0 unspecified atom stereocenters. The number of aliphatic hydroxyl groups excluding tert-OH is 1. The summed E-state index contributed by atoms with van der Waals surface area (Å²) in [6, 6.07) is 7.11. The van der Waals surface area contributed by atoms with Gasteiger partial charge in [-0.15, -0.1) is 0 Å². The number of H-pyrrole nitrogens is 1. The number of aliphatic hydroxyl groups is 1. The molecule has 0 radical (unpaired) electrons. The second-order valence-corrected chi connectivity index (χ2v) is 6.62. The number of nitrogens with zero attached hydrogens (tertiary/aromatic N) is 4. The van der Waals surface area contributed by atoms with E-state index in [-0.39, 0.29) is 16.7 Å². The maximum Gasteiger partial charge on any atom is 0.274 e. The summed E-state index contributed by atoms with van der Waals surface area (Å²) in [5, 5.41) is 20.7. The van der Waals surface area contributed by atoms with Crippen LogP contribution in [0.2, 0.25) is 0 Å². The van der Waals surface area contributed by atoms with Crippen LogP contribution in [0.4, 0.5) is 11.5 Å². The third-order valence-electron chi connectivity index (χ3n) is 4.81. The zero-order valence-corrected chi connectivity index (χ0v) is 14.3. The largest absolute Gasteiger partial charge is 0.393 e. The van der Waals surface area contributed by atoms with E-state index in [0.717, 1.165) is 37.3 Å². The summed E-state index contributed by atoms with van der Waals surface area (Å²) in [5.41, 5.74) is 2.81. The van der Waals surface area contributed by atoms with E-state index in [0.29, 0.717) is 22.4 Å². The summed E-state index contributed by atoms with van der Waals surface area (Å²) >= 11 is 0. The number of benzene rings is 1. The third kappa shape index (κ3) is 2.99. The van der Waals surface area contributed by atoms with Crippen molar-refractivity contribution in [1.82, 2.24) is 15.0 Å². The van der Waals surface area contributed by atoms with Gasteiger partial charge in [0.25, 0.3) is 5.69 Å². The number of hydrogen-bond acceptors (Lipinski definition) is 6. The summed E-state index contributed by atoms with van der Waals surface area (Å²) in [6.45, 7) is 3.29. The Hall–Kier alpha value is -3.00. The fourth-order valence-electron chi connectivity index (χ4n) is 3.29. The van der Waals surface area contributed by atoms with Crippen molar-refractivity contribution in [1.29, 1.82) is 0 Å². The summed E-state index contributed by atoms with van der Waals surface area (Å²) < 4.78 is 0. The number of nitro benzene ring substituents is 1. The normalized spacial score (nSPS) is 15.5. The number of aromatic nitrogens is 3. The number of piperidine rings is 1. The number of aryl methyl sites for hydroxylation is 1. The molecule has 0 atom stereocenters. The standard InChI is InChI=1S/C18H19N5O3/c1-11-8-14-15(9-16(11)23(25)26)21-18(20-14)12-2-3-17(19-10-12)22-6-4-13(24)5-7-22/h2-3,8-10,13,24H,4-7H2,1H3,(H,20,21). The Labute approximate surface area is 149 Å². The number of imidazole rings is 1. The fraction of sp³-hybridized carbons (Fsp3) is 0.333. The number of nitro groups is 1. The number of rotatable bonds is 3. The van der Waals surface area contributed by atoms with Crippen LogP contribution in [0.3, 0.4) is 0 Å². The topological polar surface area (TPSA) is 108 Å². The molecule has 8 nitrogen and oxygen atoms in total. The number of fused-ring (bicyclic) bond motifs is 1. The van der Waals surface area contributed by atoms with E-state index in [1.807, 2.05) is 12.1 Å². The zero-order chi connectivity index (χ0) is 18.3. The van der Waals surface area contributed by atoms with Crippen molar-refractivity contribution in [2.75, 3.05) is 18.0 Å². The van der Waals surface area contributed by atoms with Crippen LogP contribution in [0.1, 0.15) is 18.4 Å². The summed E-state index contributed by atoms with van der Waals surface area (Å²) in [4.78, 5) is 25.0. The van der Waals surface area contributed by atoms with Crippen LogP contribution in [0.5, 0.6) is 0 Å². The van der Waals surface area contributed by atoms with E-state index in [2.05, 4.69) is 19.9 Å². The summed E-state index contributed by atoms with van der Waals surface area (Å²) in [6.07, 6.45) is 3.05. The summed E-state index contributed by atoms with van der Waals surface area (Å²) in [5.74, 6) is 1.51. The van der Waals surface area contributed by atoms with E-state index in [1.54, 1.807) is 19.2 Å². The second-order valence-electron chi connectivity index (χ2n) is 6.62. The maximum atomic E-state index is 11.1. The van der Waals surface area contributed by atoms with E-state index in [4.69, 9.17) is 0 Å². The van der Waals surface area contributed by atoms with Gasteiger partial charge in [-0.25, -0.2) is 9.97 Å². The molecule has 0 amide bonds. The second kappa shape index (κ2) is 6.38. The lowest BCUT2D eigenvalue weighted by Crippen LogP contribution is -2.36. The number of hydrogen-bond donors (Lipinski definition) is 2. The Morgan fingerprint density at radius 2 is 2.08 bits per heavy atom. The summed E-state index contributed by atoms with van der Waals surface area (Å²) in [7, 11) is 0. The maximum absolute atomic E-state index is 11.1. The Morgan fingerprint density at radius 3 is 2.73 bits per heavy atom. The molecule has 0 saturated carbocycles. The van der Waals surface area contributed by atoms with Gasteiger partial charge in [0.1, 0.15) is 11.6 Å². The van der Waals surface area contributed by atoms with Gasteiger partial charge in [-0.2, -0.15) is 0 Å². The van der Waals surface area contributed by atoms with E-state index in [9.17, 15) is 15.2 Å². The van der Waals surface area contributed by atoms with Crippen molar-refractivity contribution < 1.29 is 10.0 Å². The number of anilines is 1. The zero-order valence-electron chi connectivity index (χ0n) is 14.3. The van der Waals surface area contributed by atoms with Gasteiger partial charge in [0.05, 0.1) is 22.1 Å². The van der Waals surface area contributed by atoms with Crippen LogP contribution >= 0.6 is 0 Å². The molecule has 2 N–H and O–H groups in total.